The van der Waals surface area contributed by atoms with Gasteiger partial charge < -0.3 is 14.8 Å². The number of pyridine rings is 2. The minimum Gasteiger partial charge on any atom is -0.497 e. The van der Waals surface area contributed by atoms with E-state index in [9.17, 15) is 4.79 Å². The second kappa shape index (κ2) is 8.20. The second-order valence-corrected chi connectivity index (χ2v) is 8.30. The monoisotopic (exact) mass is 443 g/mol. The Kier molecular flexibility index (Phi) is 5.20. The molecule has 1 N–H and O–H groups in total. The summed E-state index contributed by atoms with van der Waals surface area (Å²) in [7, 11) is 3.19. The predicted molar refractivity (Wildman–Crippen MR) is 128 cm³/mol. The van der Waals surface area contributed by atoms with E-state index in [2.05, 4.69) is 15.3 Å². The van der Waals surface area contributed by atoms with Crippen molar-refractivity contribution in [2.45, 2.75) is 32.7 Å². The van der Waals surface area contributed by atoms with E-state index in [0.29, 0.717) is 28.7 Å². The predicted octanol–water partition coefficient (Wildman–Crippen LogP) is 4.57. The molecule has 5 rings (SSSR count). The summed E-state index contributed by atoms with van der Waals surface area (Å²) in [5, 5.41) is 4.05. The van der Waals surface area contributed by atoms with E-state index in [-0.39, 0.29) is 11.6 Å². The molecule has 8 nitrogen and oxygen atoms in total. The topological polar surface area (TPSA) is 91.2 Å². The molecule has 3 heterocycles. The lowest BCUT2D eigenvalue weighted by Crippen LogP contribution is -2.22. The molecule has 1 saturated carbocycles. The number of hydrogen-bond donors (Lipinski definition) is 1. The van der Waals surface area contributed by atoms with Crippen molar-refractivity contribution in [3.8, 4) is 22.6 Å². The molecule has 1 aliphatic carbocycles. The number of ether oxygens (including phenoxy) is 2. The second-order valence-electron chi connectivity index (χ2n) is 8.30. The van der Waals surface area contributed by atoms with Gasteiger partial charge in [0.15, 0.2) is 0 Å². The molecular weight excluding hydrogens is 418 g/mol. The molecule has 1 fully saturated rings. The Morgan fingerprint density at radius 1 is 0.939 bits per heavy atom. The number of aromatic nitrogens is 4. The molecule has 0 saturated heterocycles. The summed E-state index contributed by atoms with van der Waals surface area (Å²) < 4.78 is 12.6. The van der Waals surface area contributed by atoms with Crippen LogP contribution in [-0.2, 0) is 0 Å². The summed E-state index contributed by atoms with van der Waals surface area (Å²) in [4.78, 5) is 27.2. The van der Waals surface area contributed by atoms with Crippen molar-refractivity contribution in [1.29, 1.82) is 0 Å². The molecule has 168 valence electrons. The largest absolute Gasteiger partial charge is 0.497 e. The van der Waals surface area contributed by atoms with Crippen molar-refractivity contribution >= 4 is 22.7 Å². The molecule has 3 aromatic heterocycles. The number of hydrogen-bond acceptors (Lipinski definition) is 7. The van der Waals surface area contributed by atoms with Crippen LogP contribution in [0, 0.1) is 13.8 Å². The van der Waals surface area contributed by atoms with Crippen molar-refractivity contribution in [3.05, 3.63) is 64.3 Å². The number of fused-ring (bicyclic) bond motifs is 1. The lowest BCUT2D eigenvalue weighted by atomic mass is 10.1. The highest BCUT2D eigenvalue weighted by atomic mass is 16.5. The van der Waals surface area contributed by atoms with Gasteiger partial charge >= 0.3 is 0 Å². The maximum Gasteiger partial charge on any atom is 0.260 e. The Labute approximate surface area is 191 Å². The lowest BCUT2D eigenvalue weighted by Gasteiger charge is -2.14. The summed E-state index contributed by atoms with van der Waals surface area (Å²) >= 11 is 0. The molecule has 0 atom stereocenters. The number of anilines is 2. The van der Waals surface area contributed by atoms with Gasteiger partial charge in [-0.3, -0.25) is 14.3 Å². The molecule has 0 radical (unpaired) electrons. The number of nitrogens with zero attached hydrogens (tertiary/aromatic N) is 4. The minimum absolute atomic E-state index is 0.0828. The molecular formula is C25H25N5O3. The third kappa shape index (κ3) is 4.11. The Balaban J connectivity index is 1.64. The van der Waals surface area contributed by atoms with Crippen LogP contribution in [0.1, 0.15) is 30.3 Å². The zero-order valence-electron chi connectivity index (χ0n) is 19.0. The average Bonchev–Trinajstić information content (AvgIpc) is 3.62. The fourth-order valence-electron chi connectivity index (χ4n) is 4.06. The molecule has 4 aromatic rings. The van der Waals surface area contributed by atoms with Crippen LogP contribution in [0.4, 0.5) is 11.6 Å². The third-order valence-electron chi connectivity index (χ3n) is 5.69. The minimum atomic E-state index is -0.0828. The zero-order valence-corrected chi connectivity index (χ0v) is 19.0. The van der Waals surface area contributed by atoms with E-state index in [4.69, 9.17) is 14.5 Å². The normalized spacial score (nSPS) is 13.2. The van der Waals surface area contributed by atoms with Crippen LogP contribution in [0.2, 0.25) is 0 Å². The third-order valence-corrected chi connectivity index (χ3v) is 5.69. The maximum absolute atomic E-state index is 13.6. The van der Waals surface area contributed by atoms with Crippen molar-refractivity contribution in [2.75, 3.05) is 19.5 Å². The Morgan fingerprint density at radius 2 is 1.61 bits per heavy atom. The summed E-state index contributed by atoms with van der Waals surface area (Å²) in [5.41, 5.74) is 4.52. The SMILES string of the molecule is COc1cc(OC)cc(-c2cc3cnc(Nc4cc(C)nc(C)c4)nc3n(C3CC3)c2=O)c1. The van der Waals surface area contributed by atoms with Gasteiger partial charge in [0.05, 0.1) is 14.2 Å². The van der Waals surface area contributed by atoms with Gasteiger partial charge in [-0.2, -0.15) is 4.98 Å². The van der Waals surface area contributed by atoms with Gasteiger partial charge in [-0.05, 0) is 62.6 Å². The standard InChI is InChI=1S/C25H25N5O3/c1-14-7-18(8-15(2)27-14)28-25-26-13-17-11-22(16-9-20(32-3)12-21(10-16)33-4)24(31)30(19-5-6-19)23(17)29-25/h7-13,19H,5-6H2,1-4H3,(H,26,27,28,29). The maximum atomic E-state index is 13.6. The molecule has 0 aliphatic heterocycles. The number of rotatable bonds is 6. The summed E-state index contributed by atoms with van der Waals surface area (Å²) in [6, 6.07) is 11.3. The highest BCUT2D eigenvalue weighted by Crippen LogP contribution is 2.37. The van der Waals surface area contributed by atoms with Crippen molar-refractivity contribution in [1.82, 2.24) is 19.5 Å². The first kappa shape index (κ1) is 20.9. The van der Waals surface area contributed by atoms with Gasteiger partial charge in [-0.1, -0.05) is 0 Å². The molecule has 0 unspecified atom stereocenters. The smallest absolute Gasteiger partial charge is 0.260 e. The fourth-order valence-corrected chi connectivity index (χ4v) is 4.06. The quantitative estimate of drug-likeness (QED) is 0.467. The van der Waals surface area contributed by atoms with E-state index >= 15 is 0 Å². The molecule has 0 amide bonds. The summed E-state index contributed by atoms with van der Waals surface area (Å²) in [5.74, 6) is 1.69. The van der Waals surface area contributed by atoms with Gasteiger partial charge in [-0.25, -0.2) is 4.98 Å². The van der Waals surface area contributed by atoms with Crippen molar-refractivity contribution < 1.29 is 9.47 Å². The van der Waals surface area contributed by atoms with E-state index < -0.39 is 0 Å². The summed E-state index contributed by atoms with van der Waals surface area (Å²) in [6.07, 6.45) is 3.66. The van der Waals surface area contributed by atoms with Crippen LogP contribution in [0.25, 0.3) is 22.2 Å². The fraction of sp³-hybridized carbons (Fsp3) is 0.280. The lowest BCUT2D eigenvalue weighted by molar-refractivity contribution is 0.394. The van der Waals surface area contributed by atoms with Crippen LogP contribution in [-0.4, -0.2) is 33.7 Å². The highest BCUT2D eigenvalue weighted by Gasteiger charge is 2.28. The zero-order chi connectivity index (χ0) is 23.1. The number of aryl methyl sites for hydroxylation is 2. The van der Waals surface area contributed by atoms with E-state index in [1.807, 2.05) is 44.2 Å². The molecule has 0 bridgehead atoms. The van der Waals surface area contributed by atoms with Gasteiger partial charge in [0.25, 0.3) is 5.56 Å². The van der Waals surface area contributed by atoms with E-state index in [1.54, 1.807) is 31.0 Å². The van der Waals surface area contributed by atoms with Gasteiger partial charge in [0, 0.05) is 46.3 Å². The number of benzene rings is 1. The van der Waals surface area contributed by atoms with Gasteiger partial charge in [0.2, 0.25) is 5.95 Å². The first-order valence-electron chi connectivity index (χ1n) is 10.8. The first-order valence-corrected chi connectivity index (χ1v) is 10.8. The van der Waals surface area contributed by atoms with E-state index in [1.165, 1.54) is 0 Å². The van der Waals surface area contributed by atoms with E-state index in [0.717, 1.165) is 40.9 Å². The van der Waals surface area contributed by atoms with Crippen LogP contribution < -0.4 is 20.3 Å². The first-order chi connectivity index (χ1) is 15.9. The Bertz CT molecular complexity index is 1380. The summed E-state index contributed by atoms with van der Waals surface area (Å²) in [6.45, 7) is 3.89. The number of nitrogens with one attached hydrogen (secondary N) is 1. The van der Waals surface area contributed by atoms with Crippen molar-refractivity contribution in [3.63, 3.8) is 0 Å². The molecule has 0 spiro atoms. The van der Waals surface area contributed by atoms with Gasteiger partial charge in [-0.15, -0.1) is 0 Å². The Hall–Kier alpha value is -3.94. The number of methoxy groups -OCH3 is 2. The molecule has 1 aromatic carbocycles. The Morgan fingerprint density at radius 3 is 2.21 bits per heavy atom. The molecule has 8 heteroatoms. The average molecular weight is 444 g/mol. The van der Waals surface area contributed by atoms with Crippen LogP contribution >= 0.6 is 0 Å². The van der Waals surface area contributed by atoms with Gasteiger partial charge in [0.1, 0.15) is 17.1 Å². The van der Waals surface area contributed by atoms with Crippen molar-refractivity contribution in [2.24, 2.45) is 0 Å². The molecule has 1 aliphatic rings. The van der Waals surface area contributed by atoms with Crippen LogP contribution in [0.5, 0.6) is 11.5 Å². The van der Waals surface area contributed by atoms with Crippen LogP contribution in [0.15, 0.2) is 47.4 Å². The molecule has 33 heavy (non-hydrogen) atoms. The highest BCUT2D eigenvalue weighted by molar-refractivity contribution is 5.82. The van der Waals surface area contributed by atoms with Crippen LogP contribution in [0.3, 0.4) is 0 Å².